The summed E-state index contributed by atoms with van der Waals surface area (Å²) in [5.74, 6) is 0.591. The number of aromatic nitrogens is 3. The van der Waals surface area contributed by atoms with E-state index < -0.39 is 0 Å². The molecule has 0 bridgehead atoms. The first-order chi connectivity index (χ1) is 8.91. The third kappa shape index (κ3) is 3.12. The van der Waals surface area contributed by atoms with Crippen LogP contribution in [0.25, 0.3) is 0 Å². The molecule has 0 unspecified atom stereocenters. The first kappa shape index (κ1) is 14.0. The topological polar surface area (TPSA) is 65.1 Å². The van der Waals surface area contributed by atoms with Crippen LogP contribution in [0.15, 0.2) is 4.79 Å². The van der Waals surface area contributed by atoms with Gasteiger partial charge >= 0.3 is 0 Å². The van der Waals surface area contributed by atoms with Gasteiger partial charge in [0.1, 0.15) is 5.69 Å². The molecule has 0 saturated carbocycles. The van der Waals surface area contributed by atoms with Gasteiger partial charge in [-0.25, -0.2) is 0 Å². The Morgan fingerprint density at radius 2 is 1.79 bits per heavy atom. The molecule has 6 heteroatoms. The highest BCUT2D eigenvalue weighted by Crippen LogP contribution is 2.16. The Morgan fingerprint density at radius 3 is 2.26 bits per heavy atom. The molecule has 1 saturated heterocycles. The normalized spacial score (nSPS) is 17.8. The van der Waals surface area contributed by atoms with E-state index in [0.717, 1.165) is 32.7 Å². The summed E-state index contributed by atoms with van der Waals surface area (Å²) in [5.41, 5.74) is 0.0823. The quantitative estimate of drug-likeness (QED) is 0.848. The van der Waals surface area contributed by atoms with Crippen LogP contribution in [0.4, 0.5) is 5.95 Å². The second-order valence-electron chi connectivity index (χ2n) is 6.00. The fourth-order valence-corrected chi connectivity index (χ4v) is 2.24. The number of nitrogens with one attached hydrogen (secondary N) is 1. The molecule has 6 nitrogen and oxygen atoms in total. The van der Waals surface area contributed by atoms with E-state index in [9.17, 15) is 4.79 Å². The molecule has 0 spiro atoms. The Kier molecular flexibility index (Phi) is 3.89. The van der Waals surface area contributed by atoms with Crippen LogP contribution < -0.4 is 10.5 Å². The molecule has 1 aliphatic heterocycles. The number of likely N-dealkylation sites (N-methyl/N-ethyl adjacent to an activating group) is 1. The minimum atomic E-state index is -0.278. The predicted octanol–water partition coefficient (Wildman–Crippen LogP) is 0.604. The number of hydrogen-bond acceptors (Lipinski definition) is 5. The van der Waals surface area contributed by atoms with Crippen molar-refractivity contribution in [2.75, 3.05) is 37.6 Å². The van der Waals surface area contributed by atoms with E-state index in [1.54, 1.807) is 0 Å². The van der Waals surface area contributed by atoms with Crippen LogP contribution in [0.2, 0.25) is 0 Å². The van der Waals surface area contributed by atoms with Crippen molar-refractivity contribution in [3.05, 3.63) is 16.0 Å². The Labute approximate surface area is 113 Å². The SMILES string of the molecule is CCN1CCN(c2nnc(C(C)(C)C)c(=O)[nH]2)CC1. The summed E-state index contributed by atoms with van der Waals surface area (Å²) in [6, 6.07) is 0. The summed E-state index contributed by atoms with van der Waals surface area (Å²) in [4.78, 5) is 19.4. The van der Waals surface area contributed by atoms with E-state index in [2.05, 4.69) is 31.9 Å². The fraction of sp³-hybridized carbons (Fsp3) is 0.769. The van der Waals surface area contributed by atoms with Crippen LogP contribution in [-0.4, -0.2) is 52.8 Å². The number of aromatic amines is 1. The third-order valence-corrected chi connectivity index (χ3v) is 3.51. The van der Waals surface area contributed by atoms with Crippen LogP contribution >= 0.6 is 0 Å². The van der Waals surface area contributed by atoms with E-state index >= 15 is 0 Å². The first-order valence-corrected chi connectivity index (χ1v) is 6.86. The molecule has 2 heterocycles. The molecule has 1 aromatic heterocycles. The van der Waals surface area contributed by atoms with E-state index in [1.807, 2.05) is 20.8 Å². The number of hydrogen-bond donors (Lipinski definition) is 1. The highest BCUT2D eigenvalue weighted by atomic mass is 16.1. The molecule has 106 valence electrons. The molecular weight excluding hydrogens is 242 g/mol. The predicted molar refractivity (Wildman–Crippen MR) is 75.7 cm³/mol. The van der Waals surface area contributed by atoms with E-state index in [4.69, 9.17) is 0 Å². The number of rotatable bonds is 2. The van der Waals surface area contributed by atoms with Gasteiger partial charge in [-0.15, -0.1) is 10.2 Å². The van der Waals surface area contributed by atoms with Gasteiger partial charge < -0.3 is 9.80 Å². The lowest BCUT2D eigenvalue weighted by atomic mass is 9.93. The van der Waals surface area contributed by atoms with Crippen molar-refractivity contribution in [3.63, 3.8) is 0 Å². The summed E-state index contributed by atoms with van der Waals surface area (Å²) in [7, 11) is 0. The number of anilines is 1. The molecule has 0 radical (unpaired) electrons. The molecule has 2 rings (SSSR count). The molecule has 1 N–H and O–H groups in total. The standard InChI is InChI=1S/C13H23N5O/c1-5-17-6-8-18(9-7-17)12-14-11(19)10(15-16-12)13(2,3)4/h5-9H2,1-4H3,(H,14,16,19). The zero-order valence-electron chi connectivity index (χ0n) is 12.2. The van der Waals surface area contributed by atoms with Gasteiger partial charge in [0.2, 0.25) is 5.95 Å². The summed E-state index contributed by atoms with van der Waals surface area (Å²) in [6.45, 7) is 12.9. The summed E-state index contributed by atoms with van der Waals surface area (Å²) in [6.07, 6.45) is 0. The lowest BCUT2D eigenvalue weighted by molar-refractivity contribution is 0.269. The molecule has 0 atom stereocenters. The second kappa shape index (κ2) is 5.28. The van der Waals surface area contributed by atoms with E-state index in [-0.39, 0.29) is 11.0 Å². The largest absolute Gasteiger partial charge is 0.338 e. The molecule has 1 aromatic rings. The van der Waals surface area contributed by atoms with Gasteiger partial charge in [0.25, 0.3) is 5.56 Å². The molecule has 0 aliphatic carbocycles. The smallest absolute Gasteiger partial charge is 0.274 e. The maximum Gasteiger partial charge on any atom is 0.274 e. The molecular formula is C13H23N5O. The Balaban J connectivity index is 2.15. The van der Waals surface area contributed by atoms with Crippen LogP contribution in [0.3, 0.4) is 0 Å². The molecule has 1 aliphatic rings. The number of piperazine rings is 1. The first-order valence-electron chi connectivity index (χ1n) is 6.86. The van der Waals surface area contributed by atoms with Crippen molar-refractivity contribution in [2.24, 2.45) is 0 Å². The molecule has 19 heavy (non-hydrogen) atoms. The minimum Gasteiger partial charge on any atom is -0.338 e. The van der Waals surface area contributed by atoms with E-state index in [0.29, 0.717) is 11.6 Å². The van der Waals surface area contributed by atoms with Crippen molar-refractivity contribution in [1.29, 1.82) is 0 Å². The van der Waals surface area contributed by atoms with Gasteiger partial charge in [-0.2, -0.15) is 0 Å². The summed E-state index contributed by atoms with van der Waals surface area (Å²) in [5, 5.41) is 8.30. The van der Waals surface area contributed by atoms with Crippen molar-refractivity contribution in [2.45, 2.75) is 33.1 Å². The lowest BCUT2D eigenvalue weighted by Gasteiger charge is -2.34. The van der Waals surface area contributed by atoms with Crippen molar-refractivity contribution < 1.29 is 0 Å². The van der Waals surface area contributed by atoms with Gasteiger partial charge in [-0.3, -0.25) is 9.78 Å². The van der Waals surface area contributed by atoms with Crippen molar-refractivity contribution in [3.8, 4) is 0 Å². The molecule has 0 aromatic carbocycles. The van der Waals surface area contributed by atoms with E-state index in [1.165, 1.54) is 0 Å². The second-order valence-corrected chi connectivity index (χ2v) is 6.00. The van der Waals surface area contributed by atoms with Gasteiger partial charge in [0.05, 0.1) is 0 Å². The maximum atomic E-state index is 12.1. The van der Waals surface area contributed by atoms with Gasteiger partial charge in [-0.05, 0) is 6.54 Å². The number of H-pyrrole nitrogens is 1. The maximum absolute atomic E-state index is 12.1. The van der Waals surface area contributed by atoms with Gasteiger partial charge in [-0.1, -0.05) is 27.7 Å². The molecule has 1 fully saturated rings. The number of nitrogens with zero attached hydrogens (tertiary/aromatic N) is 4. The Bertz CT molecular complexity index is 483. The minimum absolute atomic E-state index is 0.129. The van der Waals surface area contributed by atoms with Crippen molar-refractivity contribution in [1.82, 2.24) is 20.1 Å². The Hall–Kier alpha value is -1.43. The zero-order valence-corrected chi connectivity index (χ0v) is 12.2. The van der Waals surface area contributed by atoms with Crippen LogP contribution in [-0.2, 0) is 5.41 Å². The summed E-state index contributed by atoms with van der Waals surface area (Å²) >= 11 is 0. The fourth-order valence-electron chi connectivity index (χ4n) is 2.24. The van der Waals surface area contributed by atoms with Gasteiger partial charge in [0, 0.05) is 31.6 Å². The highest BCUT2D eigenvalue weighted by Gasteiger charge is 2.23. The average Bonchev–Trinajstić information content (AvgIpc) is 2.37. The lowest BCUT2D eigenvalue weighted by Crippen LogP contribution is -2.47. The summed E-state index contributed by atoms with van der Waals surface area (Å²) < 4.78 is 0. The van der Waals surface area contributed by atoms with Crippen LogP contribution in [0.1, 0.15) is 33.4 Å². The zero-order chi connectivity index (χ0) is 14.0. The monoisotopic (exact) mass is 265 g/mol. The third-order valence-electron chi connectivity index (χ3n) is 3.51. The highest BCUT2D eigenvalue weighted by molar-refractivity contribution is 5.29. The average molecular weight is 265 g/mol. The van der Waals surface area contributed by atoms with Crippen LogP contribution in [0, 0.1) is 0 Å². The van der Waals surface area contributed by atoms with Crippen LogP contribution in [0.5, 0.6) is 0 Å². The van der Waals surface area contributed by atoms with Crippen molar-refractivity contribution >= 4 is 5.95 Å². The molecule has 0 amide bonds. The van der Waals surface area contributed by atoms with Gasteiger partial charge in [0.15, 0.2) is 0 Å². The Morgan fingerprint density at radius 1 is 1.16 bits per heavy atom.